The Morgan fingerprint density at radius 1 is 1.24 bits per heavy atom. The van der Waals surface area contributed by atoms with E-state index in [0.29, 0.717) is 45.6 Å². The minimum Gasteiger partial charge on any atom is -0.450 e. The zero-order valence-electron chi connectivity index (χ0n) is 15.5. The third-order valence-corrected chi connectivity index (χ3v) is 5.28. The summed E-state index contributed by atoms with van der Waals surface area (Å²) in [4.78, 5) is 27.3. The average Bonchev–Trinajstić information content (AvgIpc) is 2.51. The van der Waals surface area contributed by atoms with Gasteiger partial charge in [-0.1, -0.05) is 0 Å². The van der Waals surface area contributed by atoms with Crippen molar-refractivity contribution in [1.29, 1.82) is 0 Å². The van der Waals surface area contributed by atoms with E-state index >= 15 is 0 Å². The van der Waals surface area contributed by atoms with Gasteiger partial charge in [0.1, 0.15) is 0 Å². The van der Waals surface area contributed by atoms with E-state index in [1.165, 1.54) is 4.31 Å². The number of piperidine rings is 1. The molecule has 0 aromatic carbocycles. The van der Waals surface area contributed by atoms with E-state index in [-0.39, 0.29) is 24.6 Å². The third-order valence-electron chi connectivity index (χ3n) is 4.00. The molecule has 0 aliphatic carbocycles. The van der Waals surface area contributed by atoms with Crippen molar-refractivity contribution in [2.75, 3.05) is 59.7 Å². The Morgan fingerprint density at radius 2 is 1.84 bits per heavy atom. The van der Waals surface area contributed by atoms with Gasteiger partial charge in [-0.05, 0) is 33.9 Å². The summed E-state index contributed by atoms with van der Waals surface area (Å²) in [6.07, 6.45) is 1.69. The Kier molecular flexibility index (Phi) is 8.60. The first-order valence-corrected chi connectivity index (χ1v) is 10.3. The fourth-order valence-electron chi connectivity index (χ4n) is 2.68. The molecule has 1 aliphatic rings. The number of carbonyl (C=O) groups excluding carboxylic acids is 2. The normalized spacial score (nSPS) is 16.3. The predicted molar refractivity (Wildman–Crippen MR) is 94.7 cm³/mol. The quantitative estimate of drug-likeness (QED) is 0.614. The van der Waals surface area contributed by atoms with Crippen LogP contribution in [0.15, 0.2) is 0 Å². The van der Waals surface area contributed by atoms with E-state index in [9.17, 15) is 18.0 Å². The number of carbonyl (C=O) groups is 2. The first kappa shape index (κ1) is 21.7. The van der Waals surface area contributed by atoms with Gasteiger partial charge in [0.05, 0.1) is 19.4 Å². The predicted octanol–water partition coefficient (Wildman–Crippen LogP) is -0.453. The van der Waals surface area contributed by atoms with E-state index in [1.807, 2.05) is 19.0 Å². The summed E-state index contributed by atoms with van der Waals surface area (Å²) < 4.78 is 30.4. The van der Waals surface area contributed by atoms with E-state index in [4.69, 9.17) is 4.74 Å². The molecule has 0 aromatic rings. The molecular weight excluding hydrogens is 348 g/mol. The maximum atomic E-state index is 12.1. The maximum Gasteiger partial charge on any atom is 0.409 e. The molecule has 146 valence electrons. The Balaban J connectivity index is 2.60. The lowest BCUT2D eigenvalue weighted by atomic mass is 10.1. The summed E-state index contributed by atoms with van der Waals surface area (Å²) in [5, 5.41) is 2.73. The van der Waals surface area contributed by atoms with Crippen molar-refractivity contribution in [2.24, 2.45) is 0 Å². The lowest BCUT2D eigenvalue weighted by Crippen LogP contribution is -2.51. The number of hydrogen-bond acceptors (Lipinski definition) is 6. The molecular formula is C15H30N4O5S. The van der Waals surface area contributed by atoms with Crippen LogP contribution in [0.25, 0.3) is 0 Å². The minimum absolute atomic E-state index is 0.198. The summed E-state index contributed by atoms with van der Waals surface area (Å²) >= 11 is 0. The summed E-state index contributed by atoms with van der Waals surface area (Å²) in [5.41, 5.74) is 0. The molecule has 0 bridgehead atoms. The summed E-state index contributed by atoms with van der Waals surface area (Å²) in [7, 11) is 0.269. The highest BCUT2D eigenvalue weighted by molar-refractivity contribution is 7.88. The molecule has 9 nitrogen and oxygen atoms in total. The standard InChI is InChI=1S/C15H30N4O5S/c1-5-24-15(21)18-9-6-13(7-10-18)19(25(4,22)23)12-14(20)16-8-11-17(2)3/h13H,5-12H2,1-4H3,(H,16,20). The van der Waals surface area contributed by atoms with Gasteiger partial charge in [-0.3, -0.25) is 4.79 Å². The highest BCUT2D eigenvalue weighted by Crippen LogP contribution is 2.19. The van der Waals surface area contributed by atoms with Gasteiger partial charge < -0.3 is 19.9 Å². The topological polar surface area (TPSA) is 99.3 Å². The van der Waals surface area contributed by atoms with Gasteiger partial charge in [-0.15, -0.1) is 0 Å². The molecule has 1 N–H and O–H groups in total. The van der Waals surface area contributed by atoms with Gasteiger partial charge in [-0.2, -0.15) is 4.31 Å². The average molecular weight is 378 g/mol. The molecule has 1 rings (SSSR count). The summed E-state index contributed by atoms with van der Waals surface area (Å²) in [5.74, 6) is -0.319. The number of nitrogens with zero attached hydrogens (tertiary/aromatic N) is 3. The number of likely N-dealkylation sites (tertiary alicyclic amines) is 1. The fourth-order valence-corrected chi connectivity index (χ4v) is 3.79. The van der Waals surface area contributed by atoms with Crippen LogP contribution in [-0.4, -0.2) is 100 Å². The molecule has 0 saturated carbocycles. The molecule has 0 spiro atoms. The van der Waals surface area contributed by atoms with Crippen LogP contribution in [0.5, 0.6) is 0 Å². The molecule has 1 saturated heterocycles. The molecule has 1 heterocycles. The second kappa shape index (κ2) is 9.93. The number of likely N-dealkylation sites (N-methyl/N-ethyl adjacent to an activating group) is 1. The van der Waals surface area contributed by atoms with Gasteiger partial charge in [0.25, 0.3) is 0 Å². The molecule has 2 amide bonds. The van der Waals surface area contributed by atoms with Crippen LogP contribution >= 0.6 is 0 Å². The Labute approximate surface area is 150 Å². The van der Waals surface area contributed by atoms with Gasteiger partial charge in [0.15, 0.2) is 0 Å². The van der Waals surface area contributed by atoms with Gasteiger partial charge >= 0.3 is 6.09 Å². The molecule has 10 heteroatoms. The van der Waals surface area contributed by atoms with Crippen LogP contribution in [0.4, 0.5) is 4.79 Å². The summed E-state index contributed by atoms with van der Waals surface area (Å²) in [6.45, 7) is 3.82. The first-order valence-electron chi connectivity index (χ1n) is 8.45. The largest absolute Gasteiger partial charge is 0.450 e. The highest BCUT2D eigenvalue weighted by atomic mass is 32.2. The number of ether oxygens (including phenoxy) is 1. The molecule has 0 radical (unpaired) electrons. The van der Waals surface area contributed by atoms with Crippen molar-refractivity contribution < 1.29 is 22.7 Å². The van der Waals surface area contributed by atoms with Crippen LogP contribution in [-0.2, 0) is 19.6 Å². The van der Waals surface area contributed by atoms with Crippen molar-refractivity contribution in [3.8, 4) is 0 Å². The van der Waals surface area contributed by atoms with Crippen molar-refractivity contribution in [1.82, 2.24) is 19.4 Å². The Morgan fingerprint density at radius 3 is 2.32 bits per heavy atom. The SMILES string of the molecule is CCOC(=O)N1CCC(N(CC(=O)NCCN(C)C)S(C)(=O)=O)CC1. The number of rotatable bonds is 8. The molecule has 0 unspecified atom stereocenters. The lowest BCUT2D eigenvalue weighted by molar-refractivity contribution is -0.121. The van der Waals surface area contributed by atoms with Crippen molar-refractivity contribution in [3.63, 3.8) is 0 Å². The molecule has 25 heavy (non-hydrogen) atoms. The molecule has 1 aliphatic heterocycles. The van der Waals surface area contributed by atoms with Crippen molar-refractivity contribution >= 4 is 22.0 Å². The number of hydrogen-bond donors (Lipinski definition) is 1. The lowest BCUT2D eigenvalue weighted by Gasteiger charge is -2.36. The van der Waals surface area contributed by atoms with Gasteiger partial charge in [-0.25, -0.2) is 13.2 Å². The third kappa shape index (κ3) is 7.57. The number of nitrogens with one attached hydrogen (secondary N) is 1. The van der Waals surface area contributed by atoms with Crippen LogP contribution in [0.3, 0.4) is 0 Å². The molecule has 1 fully saturated rings. The Bertz CT molecular complexity index is 544. The zero-order chi connectivity index (χ0) is 19.0. The van der Waals surface area contributed by atoms with E-state index in [2.05, 4.69) is 5.32 Å². The van der Waals surface area contributed by atoms with Gasteiger partial charge in [0.2, 0.25) is 15.9 Å². The maximum absolute atomic E-state index is 12.1. The van der Waals surface area contributed by atoms with Crippen LogP contribution < -0.4 is 5.32 Å². The second-order valence-corrected chi connectivity index (χ2v) is 8.31. The molecule has 0 aromatic heterocycles. The minimum atomic E-state index is -3.52. The number of sulfonamides is 1. The monoisotopic (exact) mass is 378 g/mol. The van der Waals surface area contributed by atoms with E-state index in [0.717, 1.165) is 6.26 Å². The smallest absolute Gasteiger partial charge is 0.409 e. The summed E-state index contributed by atoms with van der Waals surface area (Å²) in [6, 6.07) is -0.291. The second-order valence-electron chi connectivity index (χ2n) is 6.38. The van der Waals surface area contributed by atoms with E-state index in [1.54, 1.807) is 11.8 Å². The Hall–Kier alpha value is -1.39. The fraction of sp³-hybridized carbons (Fsp3) is 0.867. The van der Waals surface area contributed by atoms with Crippen LogP contribution in [0.1, 0.15) is 19.8 Å². The van der Waals surface area contributed by atoms with Crippen molar-refractivity contribution in [3.05, 3.63) is 0 Å². The highest BCUT2D eigenvalue weighted by Gasteiger charge is 2.33. The number of amides is 2. The van der Waals surface area contributed by atoms with Crippen molar-refractivity contribution in [2.45, 2.75) is 25.8 Å². The first-order chi connectivity index (χ1) is 11.6. The zero-order valence-corrected chi connectivity index (χ0v) is 16.3. The van der Waals surface area contributed by atoms with Crippen LogP contribution in [0.2, 0.25) is 0 Å². The van der Waals surface area contributed by atoms with Gasteiger partial charge in [0, 0.05) is 32.2 Å². The van der Waals surface area contributed by atoms with E-state index < -0.39 is 10.0 Å². The van der Waals surface area contributed by atoms with Crippen LogP contribution in [0, 0.1) is 0 Å². The molecule has 0 atom stereocenters.